The van der Waals surface area contributed by atoms with Crippen LogP contribution >= 0.6 is 0 Å². The lowest BCUT2D eigenvalue weighted by Gasteiger charge is -2.10. The smallest absolute Gasteiger partial charge is 0.313 e. The second kappa shape index (κ2) is 5.95. The molecule has 0 saturated carbocycles. The number of rotatable bonds is 3. The van der Waals surface area contributed by atoms with Gasteiger partial charge in [-0.2, -0.15) is 0 Å². The van der Waals surface area contributed by atoms with Crippen LogP contribution in [0.3, 0.4) is 0 Å². The first-order chi connectivity index (χ1) is 11.5. The highest BCUT2D eigenvalue weighted by atomic mass is 16.4. The third-order valence-electron chi connectivity index (χ3n) is 3.28. The van der Waals surface area contributed by atoms with E-state index in [1.807, 2.05) is 0 Å². The minimum atomic E-state index is -0.0804. The predicted octanol–water partition coefficient (Wildman–Crippen LogP) is 1.06. The van der Waals surface area contributed by atoms with Crippen LogP contribution in [-0.2, 0) is 0 Å². The minimum Gasteiger partial charge on any atom is -0.402 e. The Morgan fingerprint density at radius 2 is 1.83 bits per heavy atom. The van der Waals surface area contributed by atoms with E-state index in [-0.39, 0.29) is 29.3 Å². The Morgan fingerprint density at radius 1 is 1.12 bits per heavy atom. The highest BCUT2D eigenvalue weighted by Crippen LogP contribution is 2.25. The fraction of sp³-hybridized carbons (Fsp3) is 0.133. The molecular weight excluding hydrogens is 310 g/mol. The summed E-state index contributed by atoms with van der Waals surface area (Å²) in [5.74, 6) is 0.174. The molecule has 9 nitrogen and oxygen atoms in total. The Balaban J connectivity index is 1.97. The first-order valence-electron chi connectivity index (χ1n) is 6.99. The van der Waals surface area contributed by atoms with Crippen LogP contribution in [0.5, 0.6) is 0 Å². The van der Waals surface area contributed by atoms with E-state index >= 15 is 0 Å². The van der Waals surface area contributed by atoms with Gasteiger partial charge in [-0.05, 0) is 12.1 Å². The summed E-state index contributed by atoms with van der Waals surface area (Å²) < 4.78 is 5.14. The van der Waals surface area contributed by atoms with E-state index in [1.54, 1.807) is 38.4 Å². The zero-order chi connectivity index (χ0) is 17.3. The average Bonchev–Trinajstić information content (AvgIpc) is 3.01. The molecule has 0 aliphatic heterocycles. The van der Waals surface area contributed by atoms with Crippen molar-refractivity contribution in [1.29, 1.82) is 0 Å². The number of hydrogen-bond acceptors (Lipinski definition) is 8. The lowest BCUT2D eigenvalue weighted by molar-refractivity contribution is 0.0827. The lowest BCUT2D eigenvalue weighted by atomic mass is 10.1. The van der Waals surface area contributed by atoms with Crippen LogP contribution in [0.2, 0.25) is 0 Å². The molecule has 0 fully saturated rings. The van der Waals surface area contributed by atoms with Crippen LogP contribution in [0.4, 0.5) is 11.8 Å². The number of carbonyl (C=O) groups is 1. The van der Waals surface area contributed by atoms with Gasteiger partial charge >= 0.3 is 6.01 Å². The molecule has 2 aromatic heterocycles. The molecule has 0 bridgehead atoms. The molecule has 0 aliphatic carbocycles. The molecule has 3 aromatic rings. The number of nitrogen functional groups attached to an aromatic ring is 2. The Kier molecular flexibility index (Phi) is 3.82. The largest absolute Gasteiger partial charge is 0.402 e. The third kappa shape index (κ3) is 2.86. The van der Waals surface area contributed by atoms with Gasteiger partial charge in [0.15, 0.2) is 11.5 Å². The molecule has 0 atom stereocenters. The summed E-state index contributed by atoms with van der Waals surface area (Å²) in [5.41, 5.74) is 13.4. The Hall–Kier alpha value is -3.49. The normalized spacial score (nSPS) is 10.6. The second-order valence-corrected chi connectivity index (χ2v) is 5.21. The molecule has 122 valence electrons. The summed E-state index contributed by atoms with van der Waals surface area (Å²) in [6.07, 6.45) is 1.53. The van der Waals surface area contributed by atoms with Crippen molar-refractivity contribution in [1.82, 2.24) is 25.1 Å². The fourth-order valence-corrected chi connectivity index (χ4v) is 2.07. The SMILES string of the molecule is CN(C)C(=O)c1ccc(-c2cnc(N)c(-c3nnc(N)o3)n2)cc1. The number of aromatic nitrogens is 4. The van der Waals surface area contributed by atoms with Crippen LogP contribution in [0, 0.1) is 0 Å². The molecule has 0 radical (unpaired) electrons. The van der Waals surface area contributed by atoms with Crippen LogP contribution in [0.25, 0.3) is 22.8 Å². The molecule has 0 spiro atoms. The van der Waals surface area contributed by atoms with Gasteiger partial charge in [0.25, 0.3) is 11.8 Å². The van der Waals surface area contributed by atoms with Crippen LogP contribution in [0.15, 0.2) is 34.9 Å². The second-order valence-electron chi connectivity index (χ2n) is 5.21. The number of carbonyl (C=O) groups excluding carboxylic acids is 1. The number of amides is 1. The molecular formula is C15H15N7O2. The molecule has 0 unspecified atom stereocenters. The standard InChI is InChI=1S/C15H15N7O2/c1-22(2)14(23)9-5-3-8(4-6-9)10-7-18-12(16)11(19-10)13-20-21-15(17)24-13/h3-7H,1-2H3,(H2,16,18)(H2,17,21). The van der Waals surface area contributed by atoms with Crippen molar-refractivity contribution >= 4 is 17.7 Å². The summed E-state index contributed by atoms with van der Waals surface area (Å²) in [6.45, 7) is 0. The number of nitrogens with two attached hydrogens (primary N) is 2. The third-order valence-corrected chi connectivity index (χ3v) is 3.28. The van der Waals surface area contributed by atoms with Crippen molar-refractivity contribution in [3.05, 3.63) is 36.0 Å². The van der Waals surface area contributed by atoms with E-state index in [2.05, 4.69) is 20.2 Å². The molecule has 0 aliphatic rings. The topological polar surface area (TPSA) is 137 Å². The van der Waals surface area contributed by atoms with Crippen molar-refractivity contribution in [2.24, 2.45) is 0 Å². The van der Waals surface area contributed by atoms with Crippen LogP contribution in [-0.4, -0.2) is 45.1 Å². The Morgan fingerprint density at radius 3 is 2.42 bits per heavy atom. The van der Waals surface area contributed by atoms with Gasteiger partial charge in [0, 0.05) is 25.2 Å². The maximum Gasteiger partial charge on any atom is 0.313 e. The van der Waals surface area contributed by atoms with Crippen molar-refractivity contribution in [3.63, 3.8) is 0 Å². The quantitative estimate of drug-likeness (QED) is 0.729. The Labute approximate surface area is 137 Å². The van der Waals surface area contributed by atoms with Gasteiger partial charge in [-0.25, -0.2) is 9.97 Å². The van der Waals surface area contributed by atoms with E-state index in [0.29, 0.717) is 11.3 Å². The summed E-state index contributed by atoms with van der Waals surface area (Å²) >= 11 is 0. The van der Waals surface area contributed by atoms with E-state index in [0.717, 1.165) is 5.56 Å². The van der Waals surface area contributed by atoms with E-state index in [9.17, 15) is 4.79 Å². The zero-order valence-corrected chi connectivity index (χ0v) is 13.1. The van der Waals surface area contributed by atoms with Crippen LogP contribution < -0.4 is 11.5 Å². The summed E-state index contributed by atoms with van der Waals surface area (Å²) in [4.78, 5) is 21.9. The fourth-order valence-electron chi connectivity index (χ4n) is 2.07. The van der Waals surface area contributed by atoms with E-state index in [4.69, 9.17) is 15.9 Å². The van der Waals surface area contributed by atoms with Crippen molar-refractivity contribution < 1.29 is 9.21 Å². The lowest BCUT2D eigenvalue weighted by Crippen LogP contribution is -2.21. The summed E-state index contributed by atoms with van der Waals surface area (Å²) in [6, 6.07) is 6.93. The van der Waals surface area contributed by atoms with Gasteiger partial charge in [0.05, 0.1) is 11.9 Å². The maximum absolute atomic E-state index is 11.9. The molecule has 1 amide bonds. The minimum absolute atomic E-state index is 0.0769. The molecule has 1 aromatic carbocycles. The predicted molar refractivity (Wildman–Crippen MR) is 87.6 cm³/mol. The Bertz CT molecular complexity index is 887. The van der Waals surface area contributed by atoms with E-state index in [1.165, 1.54) is 11.1 Å². The molecule has 9 heteroatoms. The molecule has 3 rings (SSSR count). The monoisotopic (exact) mass is 325 g/mol. The van der Waals surface area contributed by atoms with Gasteiger partial charge in [-0.3, -0.25) is 4.79 Å². The molecule has 24 heavy (non-hydrogen) atoms. The molecule has 0 saturated heterocycles. The number of benzene rings is 1. The average molecular weight is 325 g/mol. The van der Waals surface area contributed by atoms with Gasteiger partial charge in [-0.1, -0.05) is 17.2 Å². The number of anilines is 2. The number of nitrogens with zero attached hydrogens (tertiary/aromatic N) is 5. The molecule has 2 heterocycles. The van der Waals surface area contributed by atoms with Crippen LogP contribution in [0.1, 0.15) is 10.4 Å². The van der Waals surface area contributed by atoms with E-state index < -0.39 is 0 Å². The van der Waals surface area contributed by atoms with Crippen molar-refractivity contribution in [2.45, 2.75) is 0 Å². The highest BCUT2D eigenvalue weighted by molar-refractivity contribution is 5.94. The van der Waals surface area contributed by atoms with Gasteiger partial charge < -0.3 is 20.8 Å². The number of hydrogen-bond donors (Lipinski definition) is 2. The van der Waals surface area contributed by atoms with Gasteiger partial charge in [0.2, 0.25) is 0 Å². The first kappa shape index (κ1) is 15.4. The molecule has 4 N–H and O–H groups in total. The van der Waals surface area contributed by atoms with Crippen molar-refractivity contribution in [2.75, 3.05) is 25.6 Å². The van der Waals surface area contributed by atoms with Gasteiger partial charge in [0.1, 0.15) is 0 Å². The first-order valence-corrected chi connectivity index (χ1v) is 6.99. The summed E-state index contributed by atoms with van der Waals surface area (Å²) in [5, 5.41) is 7.34. The van der Waals surface area contributed by atoms with Crippen molar-refractivity contribution in [3.8, 4) is 22.8 Å². The summed E-state index contributed by atoms with van der Waals surface area (Å²) in [7, 11) is 3.40. The maximum atomic E-state index is 11.9. The van der Waals surface area contributed by atoms with Gasteiger partial charge in [-0.15, -0.1) is 5.10 Å². The zero-order valence-electron chi connectivity index (χ0n) is 13.1. The highest BCUT2D eigenvalue weighted by Gasteiger charge is 2.15.